The van der Waals surface area contributed by atoms with Crippen molar-refractivity contribution < 1.29 is 31.2 Å². The first kappa shape index (κ1) is 30.3. The van der Waals surface area contributed by atoms with E-state index in [1.807, 2.05) is 36.1 Å². The van der Waals surface area contributed by atoms with Crippen molar-refractivity contribution in [3.05, 3.63) is 59.7 Å². The highest BCUT2D eigenvalue weighted by molar-refractivity contribution is 7.93. The Morgan fingerprint density at radius 1 is 0.846 bits per heavy atom. The Morgan fingerprint density at radius 3 is 1.79 bits per heavy atom. The lowest BCUT2D eigenvalue weighted by atomic mass is 9.98. The Balaban J connectivity index is 0.000000230. The number of nitrogens with one attached hydrogen (secondary N) is 1. The van der Waals surface area contributed by atoms with Crippen LogP contribution in [0.1, 0.15) is 50.7 Å². The number of amides is 2. The highest BCUT2D eigenvalue weighted by Crippen LogP contribution is 2.28. The quantitative estimate of drug-likeness (QED) is 0.489. The van der Waals surface area contributed by atoms with Crippen molar-refractivity contribution in [3.8, 4) is 0 Å². The summed E-state index contributed by atoms with van der Waals surface area (Å²) in [5.74, 6) is 0.967. The number of alkyl halides is 3. The number of nitrogens with zero attached hydrogens (tertiary/aromatic N) is 2. The maximum Gasteiger partial charge on any atom is 0.516 e. The highest BCUT2D eigenvalue weighted by atomic mass is 32.2. The summed E-state index contributed by atoms with van der Waals surface area (Å²) in [6.45, 7) is 6.17. The van der Waals surface area contributed by atoms with Crippen LogP contribution in [0.15, 0.2) is 48.5 Å². The summed E-state index contributed by atoms with van der Waals surface area (Å²) >= 11 is 0. The molecule has 12 heteroatoms. The van der Waals surface area contributed by atoms with Gasteiger partial charge in [0.05, 0.1) is 5.69 Å². The molecule has 2 unspecified atom stereocenters. The Kier molecular flexibility index (Phi) is 9.87. The molecule has 2 saturated heterocycles. The topological polar surface area (TPSA) is 113 Å². The lowest BCUT2D eigenvalue weighted by molar-refractivity contribution is -0.136. The van der Waals surface area contributed by atoms with Crippen LogP contribution in [0.5, 0.6) is 0 Å². The summed E-state index contributed by atoms with van der Waals surface area (Å²) in [7, 11) is -5.49. The predicted octanol–water partition coefficient (Wildman–Crippen LogP) is 4.73. The first-order valence-corrected chi connectivity index (χ1v) is 14.3. The van der Waals surface area contributed by atoms with Gasteiger partial charge in [-0.05, 0) is 47.9 Å². The van der Waals surface area contributed by atoms with Gasteiger partial charge in [0.15, 0.2) is 0 Å². The van der Waals surface area contributed by atoms with Crippen LogP contribution in [0.4, 0.5) is 24.5 Å². The number of anilines is 2. The number of sulfonamides is 1. The molecule has 39 heavy (non-hydrogen) atoms. The molecule has 2 aliphatic heterocycles. The zero-order valence-corrected chi connectivity index (χ0v) is 22.9. The van der Waals surface area contributed by atoms with E-state index in [4.69, 9.17) is 5.73 Å². The van der Waals surface area contributed by atoms with Gasteiger partial charge in [0, 0.05) is 44.7 Å². The molecule has 2 fully saturated rings. The van der Waals surface area contributed by atoms with Gasteiger partial charge in [-0.15, -0.1) is 0 Å². The number of para-hydroxylation sites is 2. The van der Waals surface area contributed by atoms with Crippen LogP contribution in [-0.4, -0.2) is 48.6 Å². The molecule has 0 aliphatic carbocycles. The molecule has 0 bridgehead atoms. The summed E-state index contributed by atoms with van der Waals surface area (Å²) in [6.07, 6.45) is 2.96. The number of carbonyl (C=O) groups is 2. The van der Waals surface area contributed by atoms with E-state index in [2.05, 4.69) is 6.92 Å². The predicted molar refractivity (Wildman–Crippen MR) is 144 cm³/mol. The van der Waals surface area contributed by atoms with E-state index in [9.17, 15) is 31.2 Å². The maximum absolute atomic E-state index is 12.5. The largest absolute Gasteiger partial charge is 0.516 e. The molecule has 2 atom stereocenters. The van der Waals surface area contributed by atoms with E-state index in [-0.39, 0.29) is 30.0 Å². The Morgan fingerprint density at radius 2 is 1.31 bits per heavy atom. The van der Waals surface area contributed by atoms with Gasteiger partial charge in [-0.2, -0.15) is 21.6 Å². The summed E-state index contributed by atoms with van der Waals surface area (Å²) < 4.78 is 61.6. The molecule has 2 aromatic carbocycles. The molecule has 0 aromatic heterocycles. The van der Waals surface area contributed by atoms with E-state index >= 15 is 0 Å². The Bertz CT molecular complexity index is 1270. The van der Waals surface area contributed by atoms with E-state index in [0.717, 1.165) is 30.6 Å². The second-order valence-corrected chi connectivity index (χ2v) is 11.9. The number of rotatable bonds is 6. The van der Waals surface area contributed by atoms with Gasteiger partial charge < -0.3 is 15.5 Å². The SMILES string of the molecule is CC1CCN(Cc2ccccc2N)C(=O)C1.CC1CCN(Cc2ccccc2NS(=O)(=O)C(F)(F)F)C(=O)C1. The molecule has 4 rings (SSSR count). The average Bonchev–Trinajstić information content (AvgIpc) is 2.84. The second kappa shape index (κ2) is 12.7. The van der Waals surface area contributed by atoms with Gasteiger partial charge >= 0.3 is 15.5 Å². The molecule has 0 radical (unpaired) electrons. The highest BCUT2D eigenvalue weighted by Gasteiger charge is 2.46. The number of benzene rings is 2. The number of hydrogen-bond donors (Lipinski definition) is 2. The minimum Gasteiger partial charge on any atom is -0.398 e. The van der Waals surface area contributed by atoms with Crippen LogP contribution in [0.2, 0.25) is 0 Å². The first-order valence-electron chi connectivity index (χ1n) is 12.8. The molecule has 2 aromatic rings. The molecular formula is C27H35F3N4O4S. The molecular weight excluding hydrogens is 533 g/mol. The lowest BCUT2D eigenvalue weighted by Crippen LogP contribution is -2.38. The monoisotopic (exact) mass is 568 g/mol. The zero-order chi connectivity index (χ0) is 28.8. The first-order chi connectivity index (χ1) is 18.3. The van der Waals surface area contributed by atoms with Crippen LogP contribution in [0, 0.1) is 11.8 Å². The van der Waals surface area contributed by atoms with E-state index in [0.29, 0.717) is 37.4 Å². The van der Waals surface area contributed by atoms with Crippen LogP contribution < -0.4 is 10.5 Å². The Hall–Kier alpha value is -3.28. The van der Waals surface area contributed by atoms with Crippen LogP contribution >= 0.6 is 0 Å². The fraction of sp³-hybridized carbons (Fsp3) is 0.481. The standard InChI is InChI=1S/C14H17F3N2O3S.C13H18N2O/c1-10-6-7-19(13(20)8-10)9-11-4-2-3-5-12(11)18-23(21,22)14(15,16)17;1-10-6-7-15(13(16)8-10)9-11-4-2-3-5-12(11)14/h2-5,10,18H,6-9H2,1H3;2-5,10H,6-9,14H2,1H3. The lowest BCUT2D eigenvalue weighted by Gasteiger charge is -2.30. The number of carbonyl (C=O) groups excluding carboxylic acids is 2. The fourth-order valence-electron chi connectivity index (χ4n) is 4.44. The number of hydrogen-bond acceptors (Lipinski definition) is 5. The third-order valence-electron chi connectivity index (χ3n) is 6.88. The molecule has 214 valence electrons. The van der Waals surface area contributed by atoms with Gasteiger partial charge in [-0.3, -0.25) is 14.3 Å². The average molecular weight is 569 g/mol. The molecule has 2 amide bonds. The number of piperidine rings is 2. The molecule has 2 heterocycles. The van der Waals surface area contributed by atoms with Crippen LogP contribution in [0.3, 0.4) is 0 Å². The van der Waals surface area contributed by atoms with Crippen molar-refractivity contribution >= 4 is 33.2 Å². The number of halogens is 3. The number of likely N-dealkylation sites (tertiary alicyclic amines) is 2. The third kappa shape index (κ3) is 8.35. The van der Waals surface area contributed by atoms with Gasteiger partial charge in [-0.25, -0.2) is 0 Å². The zero-order valence-electron chi connectivity index (χ0n) is 22.1. The van der Waals surface area contributed by atoms with E-state index in [1.165, 1.54) is 23.1 Å². The molecule has 8 nitrogen and oxygen atoms in total. The normalized spacial score (nSPS) is 20.3. The summed E-state index contributed by atoms with van der Waals surface area (Å²) in [5, 5.41) is 0. The van der Waals surface area contributed by atoms with Crippen molar-refractivity contribution in [3.63, 3.8) is 0 Å². The van der Waals surface area contributed by atoms with Crippen molar-refractivity contribution in [2.45, 2.75) is 58.1 Å². The summed E-state index contributed by atoms with van der Waals surface area (Å²) in [5.41, 5.74) is 2.45. The smallest absolute Gasteiger partial charge is 0.398 e. The Labute approximate surface area is 227 Å². The fourth-order valence-corrected chi connectivity index (χ4v) is 5.05. The summed E-state index contributed by atoms with van der Waals surface area (Å²) in [6, 6.07) is 13.5. The molecule has 3 N–H and O–H groups in total. The van der Waals surface area contributed by atoms with Gasteiger partial charge in [0.2, 0.25) is 11.8 Å². The molecule has 0 spiro atoms. The maximum atomic E-state index is 12.5. The molecule has 0 saturated carbocycles. The third-order valence-corrected chi connectivity index (χ3v) is 7.98. The van der Waals surface area contributed by atoms with Crippen molar-refractivity contribution in [2.24, 2.45) is 11.8 Å². The van der Waals surface area contributed by atoms with E-state index < -0.39 is 15.5 Å². The van der Waals surface area contributed by atoms with Gasteiger partial charge in [-0.1, -0.05) is 50.2 Å². The van der Waals surface area contributed by atoms with Gasteiger partial charge in [0.25, 0.3) is 0 Å². The van der Waals surface area contributed by atoms with Crippen molar-refractivity contribution in [2.75, 3.05) is 23.5 Å². The van der Waals surface area contributed by atoms with Crippen molar-refractivity contribution in [1.82, 2.24) is 9.80 Å². The number of nitrogens with two attached hydrogens (primary N) is 1. The number of nitrogen functional groups attached to an aromatic ring is 1. The minimum atomic E-state index is -5.49. The van der Waals surface area contributed by atoms with Crippen LogP contribution in [0.25, 0.3) is 0 Å². The van der Waals surface area contributed by atoms with Crippen molar-refractivity contribution in [1.29, 1.82) is 0 Å². The van der Waals surface area contributed by atoms with Crippen LogP contribution in [-0.2, 0) is 32.7 Å². The minimum absolute atomic E-state index is 0.0715. The van der Waals surface area contributed by atoms with E-state index in [1.54, 1.807) is 10.8 Å². The second-order valence-electron chi connectivity index (χ2n) is 10.2. The molecule has 2 aliphatic rings. The summed E-state index contributed by atoms with van der Waals surface area (Å²) in [4.78, 5) is 27.2. The van der Waals surface area contributed by atoms with Gasteiger partial charge in [0.1, 0.15) is 0 Å².